The van der Waals surface area contributed by atoms with Crippen molar-refractivity contribution < 1.29 is 27.8 Å². The molecular weight excluding hydrogens is 569 g/mol. The van der Waals surface area contributed by atoms with Crippen molar-refractivity contribution in [1.82, 2.24) is 14.8 Å². The third-order valence-electron chi connectivity index (χ3n) is 8.50. The quantitative estimate of drug-likeness (QED) is 0.270. The molecule has 7 nitrogen and oxygen atoms in total. The minimum atomic E-state index is -4.83. The van der Waals surface area contributed by atoms with E-state index in [9.17, 15) is 23.1 Å². The van der Waals surface area contributed by atoms with Crippen LogP contribution in [0.25, 0.3) is 0 Å². The molecule has 0 saturated carbocycles. The second-order valence-electron chi connectivity index (χ2n) is 11.8. The van der Waals surface area contributed by atoms with Gasteiger partial charge in [0.05, 0.1) is 30.1 Å². The maximum atomic E-state index is 14.7. The molecule has 0 radical (unpaired) electrons. The molecule has 2 aliphatic rings. The molecule has 0 unspecified atom stereocenters. The molecule has 1 aliphatic heterocycles. The number of aliphatic hydroxyl groups excluding tert-OH is 1. The Hall–Kier alpha value is -4.18. The molecule has 0 amide bonds. The Kier molecular flexibility index (Phi) is 8.20. The number of ketones is 1. The molecule has 0 bridgehead atoms. The van der Waals surface area contributed by atoms with Crippen molar-refractivity contribution in [2.45, 2.75) is 69.4 Å². The van der Waals surface area contributed by atoms with Gasteiger partial charge in [0, 0.05) is 24.6 Å². The number of carbonyl (C=O) groups excluding carboxylic acids is 1. The number of aromatic nitrogens is 3. The highest BCUT2D eigenvalue weighted by atomic mass is 19.4. The van der Waals surface area contributed by atoms with Crippen LogP contribution in [-0.4, -0.2) is 57.1 Å². The van der Waals surface area contributed by atoms with Crippen LogP contribution in [0.5, 0.6) is 5.75 Å². The van der Waals surface area contributed by atoms with Crippen LogP contribution in [0.4, 0.5) is 19.0 Å². The number of rotatable bonds is 7. The first kappa shape index (κ1) is 29.9. The van der Waals surface area contributed by atoms with Crippen LogP contribution in [0.2, 0.25) is 0 Å². The molecule has 2 atom stereocenters. The van der Waals surface area contributed by atoms with Gasteiger partial charge in [0.25, 0.3) is 0 Å². The summed E-state index contributed by atoms with van der Waals surface area (Å²) >= 11 is 0. The molecule has 10 heteroatoms. The minimum Gasteiger partial charge on any atom is -0.489 e. The summed E-state index contributed by atoms with van der Waals surface area (Å²) in [5, 5.41) is 15.6. The number of anilines is 1. The van der Waals surface area contributed by atoms with Gasteiger partial charge >= 0.3 is 6.18 Å². The highest BCUT2D eigenvalue weighted by molar-refractivity contribution is 5.88. The van der Waals surface area contributed by atoms with Crippen molar-refractivity contribution in [1.29, 1.82) is 0 Å². The number of fused-ring (bicyclic) bond motifs is 1. The van der Waals surface area contributed by atoms with Gasteiger partial charge in [-0.3, -0.25) is 9.48 Å². The summed E-state index contributed by atoms with van der Waals surface area (Å²) in [4.78, 5) is 19.6. The summed E-state index contributed by atoms with van der Waals surface area (Å²) in [6, 6.07) is 22.1. The lowest BCUT2D eigenvalue weighted by Crippen LogP contribution is -2.43. The largest absolute Gasteiger partial charge is 0.489 e. The first-order chi connectivity index (χ1) is 21.1. The predicted molar refractivity (Wildman–Crippen MR) is 160 cm³/mol. The van der Waals surface area contributed by atoms with Crippen molar-refractivity contribution in [2.24, 2.45) is 0 Å². The van der Waals surface area contributed by atoms with E-state index in [0.29, 0.717) is 37.4 Å². The van der Waals surface area contributed by atoms with Crippen LogP contribution >= 0.6 is 0 Å². The Morgan fingerprint density at radius 2 is 1.55 bits per heavy atom. The summed E-state index contributed by atoms with van der Waals surface area (Å²) in [5.74, 6) is -2.02. The molecule has 4 aromatic rings. The van der Waals surface area contributed by atoms with E-state index in [1.54, 1.807) is 10.9 Å². The summed E-state index contributed by atoms with van der Waals surface area (Å²) in [6.45, 7) is 5.03. The van der Waals surface area contributed by atoms with Crippen molar-refractivity contribution >= 4 is 11.6 Å². The first-order valence-electron chi connectivity index (χ1n) is 15.0. The standard InChI is InChI=1S/C34H35F3N4O3/c1-21(2)44-25-13-14-28(38-20-25)40-17-15-22(16-18-40)31-29-26(19-27(42)33(43)30(29)34(35,36)37)41(39-31)32(23-9-5-3-6-10-23)24-11-7-4-8-12-24/h3-14,20-22,30,32-33,43H,15-19H2,1-2H3/t30-,33-/m1/s1. The molecule has 3 heterocycles. The fourth-order valence-corrected chi connectivity index (χ4v) is 6.52. The third-order valence-corrected chi connectivity index (χ3v) is 8.50. The number of benzene rings is 2. The molecule has 44 heavy (non-hydrogen) atoms. The molecule has 2 aromatic heterocycles. The highest BCUT2D eigenvalue weighted by Crippen LogP contribution is 2.48. The Balaban J connectivity index is 1.40. The van der Waals surface area contributed by atoms with Crippen molar-refractivity contribution in [3.8, 4) is 5.75 Å². The van der Waals surface area contributed by atoms with Crippen LogP contribution in [0.1, 0.15) is 72.6 Å². The van der Waals surface area contributed by atoms with Gasteiger partial charge in [-0.2, -0.15) is 18.3 Å². The van der Waals surface area contributed by atoms with E-state index >= 15 is 0 Å². The number of nitrogens with zero attached hydrogens (tertiary/aromatic N) is 4. The summed E-state index contributed by atoms with van der Waals surface area (Å²) < 4.78 is 51.3. The first-order valence-corrected chi connectivity index (χ1v) is 15.0. The second kappa shape index (κ2) is 12.1. The third kappa shape index (κ3) is 5.83. The molecule has 1 N–H and O–H groups in total. The Labute approximate surface area is 254 Å². The van der Waals surface area contributed by atoms with Gasteiger partial charge in [0.2, 0.25) is 0 Å². The van der Waals surface area contributed by atoms with E-state index in [1.807, 2.05) is 86.6 Å². The number of hydrogen-bond donors (Lipinski definition) is 1. The van der Waals surface area contributed by atoms with Gasteiger partial charge in [-0.1, -0.05) is 60.7 Å². The minimum absolute atomic E-state index is 0.0295. The Morgan fingerprint density at radius 1 is 0.932 bits per heavy atom. The van der Waals surface area contributed by atoms with Crippen molar-refractivity contribution in [2.75, 3.05) is 18.0 Å². The maximum Gasteiger partial charge on any atom is 0.398 e. The molecule has 0 spiro atoms. The summed E-state index contributed by atoms with van der Waals surface area (Å²) in [7, 11) is 0. The van der Waals surface area contributed by atoms with E-state index in [0.717, 1.165) is 16.9 Å². The van der Waals surface area contributed by atoms with Gasteiger partial charge < -0.3 is 14.7 Å². The highest BCUT2D eigenvalue weighted by Gasteiger charge is 2.54. The van der Waals surface area contributed by atoms with Crippen LogP contribution < -0.4 is 9.64 Å². The molecule has 6 rings (SSSR count). The van der Waals surface area contributed by atoms with Crippen LogP contribution in [0, 0.1) is 0 Å². The van der Waals surface area contributed by atoms with Crippen LogP contribution in [0.3, 0.4) is 0 Å². The SMILES string of the molecule is CC(C)Oc1ccc(N2CCC(c3nn(C(c4ccccc4)c4ccccc4)c4c3[C@@H](C(F)(F)F)[C@H](O)C(=O)C4)CC2)nc1. The van der Waals surface area contributed by atoms with Gasteiger partial charge in [0.1, 0.15) is 29.6 Å². The fourth-order valence-electron chi connectivity index (χ4n) is 6.52. The van der Waals surface area contributed by atoms with E-state index in [1.165, 1.54) is 0 Å². The van der Waals surface area contributed by atoms with E-state index < -0.39 is 30.0 Å². The van der Waals surface area contributed by atoms with E-state index in [-0.39, 0.29) is 29.7 Å². The lowest BCUT2D eigenvalue weighted by Gasteiger charge is -2.34. The molecule has 230 valence electrons. The topological polar surface area (TPSA) is 80.5 Å². The van der Waals surface area contributed by atoms with Gasteiger partial charge in [0.15, 0.2) is 5.78 Å². The number of hydrogen-bond acceptors (Lipinski definition) is 6. The molecular formula is C34H35F3N4O3. The number of Topliss-reactive ketones (excluding diaryl/α,β-unsaturated/α-hetero) is 1. The molecule has 1 aliphatic carbocycles. The fraction of sp³-hybridized carbons (Fsp3) is 0.382. The van der Waals surface area contributed by atoms with Crippen molar-refractivity contribution in [3.05, 3.63) is 107 Å². The summed E-state index contributed by atoms with van der Waals surface area (Å²) in [6.07, 6.45) is -4.51. The van der Waals surface area contributed by atoms with Gasteiger partial charge in [-0.25, -0.2) is 4.98 Å². The number of alkyl halides is 3. The maximum absolute atomic E-state index is 14.7. The number of piperidine rings is 1. The average molecular weight is 605 g/mol. The lowest BCUT2D eigenvalue weighted by atomic mass is 9.78. The van der Waals surface area contributed by atoms with Gasteiger partial charge in [-0.15, -0.1) is 0 Å². The number of aliphatic hydroxyl groups is 1. The Bertz CT molecular complexity index is 1540. The van der Waals surface area contributed by atoms with Crippen LogP contribution in [-0.2, 0) is 11.2 Å². The van der Waals surface area contributed by atoms with Crippen molar-refractivity contribution in [3.63, 3.8) is 0 Å². The number of carbonyl (C=O) groups is 1. The molecule has 1 saturated heterocycles. The normalized spacial score (nSPS) is 19.5. The lowest BCUT2D eigenvalue weighted by molar-refractivity contribution is -0.179. The average Bonchev–Trinajstić information content (AvgIpc) is 3.36. The smallest absolute Gasteiger partial charge is 0.398 e. The predicted octanol–water partition coefficient (Wildman–Crippen LogP) is 6.22. The van der Waals surface area contributed by atoms with E-state index in [2.05, 4.69) is 9.88 Å². The number of ether oxygens (including phenoxy) is 1. The van der Waals surface area contributed by atoms with Gasteiger partial charge in [-0.05, 0) is 49.9 Å². The second-order valence-corrected chi connectivity index (χ2v) is 11.8. The number of pyridine rings is 1. The summed E-state index contributed by atoms with van der Waals surface area (Å²) in [5.41, 5.74) is 2.17. The Morgan fingerprint density at radius 3 is 2.07 bits per heavy atom. The van der Waals surface area contributed by atoms with E-state index in [4.69, 9.17) is 9.84 Å². The number of halogens is 3. The zero-order valence-electron chi connectivity index (χ0n) is 24.6. The monoisotopic (exact) mass is 604 g/mol. The zero-order chi connectivity index (χ0) is 31.0. The zero-order valence-corrected chi connectivity index (χ0v) is 24.6. The molecule has 2 aromatic carbocycles. The molecule has 1 fully saturated rings. The van der Waals surface area contributed by atoms with Crippen LogP contribution in [0.15, 0.2) is 79.0 Å².